The second-order valence-electron chi connectivity index (χ2n) is 4.79. The summed E-state index contributed by atoms with van der Waals surface area (Å²) in [5.74, 6) is 0.686. The van der Waals surface area contributed by atoms with Crippen molar-refractivity contribution in [2.24, 2.45) is 0 Å². The van der Waals surface area contributed by atoms with Gasteiger partial charge in [-0.05, 0) is 17.7 Å². The van der Waals surface area contributed by atoms with E-state index in [4.69, 9.17) is 14.2 Å². The van der Waals surface area contributed by atoms with Gasteiger partial charge in [-0.2, -0.15) is 0 Å². The molecule has 1 heterocycles. The highest BCUT2D eigenvalue weighted by atomic mass is 16.7. The van der Waals surface area contributed by atoms with Gasteiger partial charge in [-0.25, -0.2) is 0 Å². The third-order valence-electron chi connectivity index (χ3n) is 3.27. The van der Waals surface area contributed by atoms with E-state index in [-0.39, 0.29) is 6.29 Å². The summed E-state index contributed by atoms with van der Waals surface area (Å²) < 4.78 is 16.6. The van der Waals surface area contributed by atoms with E-state index in [1.165, 1.54) is 0 Å². The number of ether oxygens (including phenoxy) is 3. The number of carbonyl (C=O) groups is 1. The summed E-state index contributed by atoms with van der Waals surface area (Å²) >= 11 is 0. The first-order chi connectivity index (χ1) is 10.3. The Labute approximate surface area is 123 Å². The van der Waals surface area contributed by atoms with Crippen molar-refractivity contribution in [3.05, 3.63) is 65.2 Å². The number of aldehydes is 1. The normalized spacial score (nSPS) is 15.0. The highest BCUT2D eigenvalue weighted by Crippen LogP contribution is 2.23. The van der Waals surface area contributed by atoms with Crippen LogP contribution in [-0.4, -0.2) is 19.5 Å². The first-order valence-electron chi connectivity index (χ1n) is 6.85. The van der Waals surface area contributed by atoms with Crippen molar-refractivity contribution >= 4 is 6.29 Å². The van der Waals surface area contributed by atoms with Gasteiger partial charge in [-0.3, -0.25) is 4.79 Å². The molecule has 0 bridgehead atoms. The second-order valence-corrected chi connectivity index (χ2v) is 4.79. The number of hydrogen-bond acceptors (Lipinski definition) is 4. The minimum Gasteiger partial charge on any atom is -0.489 e. The van der Waals surface area contributed by atoms with Gasteiger partial charge in [0.2, 0.25) is 0 Å². The SMILES string of the molecule is O=Cc1cccc(OCc2ccc(C3OCCO3)cc2)c1. The average Bonchev–Trinajstić information content (AvgIpc) is 3.08. The van der Waals surface area contributed by atoms with E-state index in [2.05, 4.69) is 0 Å². The Kier molecular flexibility index (Phi) is 4.28. The molecule has 0 N–H and O–H groups in total. The fourth-order valence-electron chi connectivity index (χ4n) is 2.17. The smallest absolute Gasteiger partial charge is 0.184 e. The van der Waals surface area contributed by atoms with Crippen LogP contribution in [0.5, 0.6) is 5.75 Å². The Morgan fingerprint density at radius 1 is 1.10 bits per heavy atom. The molecule has 1 aliphatic heterocycles. The second kappa shape index (κ2) is 6.52. The van der Waals surface area contributed by atoms with Crippen molar-refractivity contribution in [2.45, 2.75) is 12.9 Å². The zero-order chi connectivity index (χ0) is 14.5. The number of hydrogen-bond donors (Lipinski definition) is 0. The molecule has 2 aromatic carbocycles. The van der Waals surface area contributed by atoms with E-state index in [0.29, 0.717) is 31.1 Å². The van der Waals surface area contributed by atoms with E-state index >= 15 is 0 Å². The van der Waals surface area contributed by atoms with Crippen molar-refractivity contribution in [1.29, 1.82) is 0 Å². The van der Waals surface area contributed by atoms with Gasteiger partial charge in [0.05, 0.1) is 13.2 Å². The number of carbonyl (C=O) groups excluding carboxylic acids is 1. The maximum atomic E-state index is 10.7. The summed E-state index contributed by atoms with van der Waals surface area (Å²) in [5.41, 5.74) is 2.67. The molecule has 0 amide bonds. The molecule has 0 spiro atoms. The molecule has 2 aromatic rings. The molecule has 0 saturated carbocycles. The molecule has 0 aliphatic carbocycles. The standard InChI is InChI=1S/C17H16O4/c18-11-14-2-1-3-16(10-14)21-12-13-4-6-15(7-5-13)17-19-8-9-20-17/h1-7,10-11,17H,8-9,12H2. The quantitative estimate of drug-likeness (QED) is 0.791. The molecule has 1 saturated heterocycles. The Hall–Kier alpha value is -2.17. The topological polar surface area (TPSA) is 44.8 Å². The monoisotopic (exact) mass is 284 g/mol. The van der Waals surface area contributed by atoms with E-state index in [1.54, 1.807) is 18.2 Å². The third kappa shape index (κ3) is 3.48. The van der Waals surface area contributed by atoms with Crippen molar-refractivity contribution in [3.63, 3.8) is 0 Å². The lowest BCUT2D eigenvalue weighted by molar-refractivity contribution is -0.0441. The average molecular weight is 284 g/mol. The number of benzene rings is 2. The minimum atomic E-state index is -0.246. The molecule has 1 fully saturated rings. The molecule has 1 aliphatic rings. The molecule has 0 radical (unpaired) electrons. The van der Waals surface area contributed by atoms with Crippen LogP contribution >= 0.6 is 0 Å². The number of rotatable bonds is 5. The Morgan fingerprint density at radius 2 is 1.86 bits per heavy atom. The van der Waals surface area contributed by atoms with Gasteiger partial charge in [0.1, 0.15) is 18.6 Å². The van der Waals surface area contributed by atoms with Crippen LogP contribution in [0.15, 0.2) is 48.5 Å². The van der Waals surface area contributed by atoms with Crippen LogP contribution in [-0.2, 0) is 16.1 Å². The van der Waals surface area contributed by atoms with E-state index < -0.39 is 0 Å². The molecular weight excluding hydrogens is 268 g/mol. The maximum absolute atomic E-state index is 10.7. The molecule has 21 heavy (non-hydrogen) atoms. The fraction of sp³-hybridized carbons (Fsp3) is 0.235. The van der Waals surface area contributed by atoms with Gasteiger partial charge in [0.15, 0.2) is 6.29 Å². The van der Waals surface area contributed by atoms with Gasteiger partial charge in [0, 0.05) is 11.1 Å². The highest BCUT2D eigenvalue weighted by Gasteiger charge is 2.17. The van der Waals surface area contributed by atoms with Crippen LogP contribution in [0.3, 0.4) is 0 Å². The summed E-state index contributed by atoms with van der Waals surface area (Å²) in [6.45, 7) is 1.74. The van der Waals surface area contributed by atoms with Crippen molar-refractivity contribution < 1.29 is 19.0 Å². The highest BCUT2D eigenvalue weighted by molar-refractivity contribution is 5.75. The van der Waals surface area contributed by atoms with Crippen molar-refractivity contribution in [2.75, 3.05) is 13.2 Å². The maximum Gasteiger partial charge on any atom is 0.184 e. The Bertz CT molecular complexity index is 600. The van der Waals surface area contributed by atoms with E-state index in [0.717, 1.165) is 17.4 Å². The van der Waals surface area contributed by atoms with Gasteiger partial charge >= 0.3 is 0 Å². The molecule has 0 atom stereocenters. The summed E-state index contributed by atoms with van der Waals surface area (Å²) in [6.07, 6.45) is 0.563. The van der Waals surface area contributed by atoms with E-state index in [1.807, 2.05) is 30.3 Å². The molecule has 0 unspecified atom stereocenters. The Morgan fingerprint density at radius 3 is 2.57 bits per heavy atom. The van der Waals surface area contributed by atoms with Crippen molar-refractivity contribution in [3.8, 4) is 5.75 Å². The summed E-state index contributed by atoms with van der Waals surface area (Å²) in [7, 11) is 0. The molecule has 4 heteroatoms. The van der Waals surface area contributed by atoms with Gasteiger partial charge in [0.25, 0.3) is 0 Å². The van der Waals surface area contributed by atoms with Crippen LogP contribution < -0.4 is 4.74 Å². The molecule has 3 rings (SSSR count). The Balaban J connectivity index is 1.61. The lowest BCUT2D eigenvalue weighted by atomic mass is 10.1. The van der Waals surface area contributed by atoms with Crippen LogP contribution in [0.25, 0.3) is 0 Å². The van der Waals surface area contributed by atoms with Gasteiger partial charge < -0.3 is 14.2 Å². The first kappa shape index (κ1) is 13.8. The lowest BCUT2D eigenvalue weighted by Gasteiger charge is -2.11. The third-order valence-corrected chi connectivity index (χ3v) is 3.27. The summed E-state index contributed by atoms with van der Waals surface area (Å²) in [4.78, 5) is 10.7. The van der Waals surface area contributed by atoms with Gasteiger partial charge in [-0.1, -0.05) is 36.4 Å². The first-order valence-corrected chi connectivity index (χ1v) is 6.85. The van der Waals surface area contributed by atoms with Crippen LogP contribution in [0.1, 0.15) is 27.8 Å². The molecule has 4 nitrogen and oxygen atoms in total. The summed E-state index contributed by atoms with van der Waals surface area (Å²) in [5, 5.41) is 0. The molecular formula is C17H16O4. The van der Waals surface area contributed by atoms with Crippen molar-refractivity contribution in [1.82, 2.24) is 0 Å². The van der Waals surface area contributed by atoms with Crippen LogP contribution in [0.4, 0.5) is 0 Å². The molecule has 108 valence electrons. The largest absolute Gasteiger partial charge is 0.489 e. The van der Waals surface area contributed by atoms with Crippen LogP contribution in [0.2, 0.25) is 0 Å². The van der Waals surface area contributed by atoms with Gasteiger partial charge in [-0.15, -0.1) is 0 Å². The van der Waals surface area contributed by atoms with Crippen LogP contribution in [0, 0.1) is 0 Å². The summed E-state index contributed by atoms with van der Waals surface area (Å²) in [6, 6.07) is 15.1. The fourth-order valence-corrected chi connectivity index (χ4v) is 2.17. The molecule has 0 aromatic heterocycles. The zero-order valence-electron chi connectivity index (χ0n) is 11.5. The zero-order valence-corrected chi connectivity index (χ0v) is 11.5. The minimum absolute atomic E-state index is 0.246. The predicted octanol–water partition coefficient (Wildman–Crippen LogP) is 3.12. The van der Waals surface area contributed by atoms with E-state index in [9.17, 15) is 4.79 Å². The lowest BCUT2D eigenvalue weighted by Crippen LogP contribution is -2.00. The predicted molar refractivity (Wildman–Crippen MR) is 77.2 cm³/mol.